The Labute approximate surface area is 128 Å². The summed E-state index contributed by atoms with van der Waals surface area (Å²) in [5.41, 5.74) is -0.262. The molecule has 0 radical (unpaired) electrons. The van der Waals surface area contributed by atoms with Crippen molar-refractivity contribution in [3.05, 3.63) is 41.4 Å². The van der Waals surface area contributed by atoms with Crippen molar-refractivity contribution in [2.75, 3.05) is 19.8 Å². The summed E-state index contributed by atoms with van der Waals surface area (Å²) in [6.45, 7) is 4.31. The number of sulfonamides is 1. The van der Waals surface area contributed by atoms with Crippen molar-refractivity contribution in [1.82, 2.24) is 4.72 Å². The quantitative estimate of drug-likeness (QED) is 0.532. The van der Waals surface area contributed by atoms with E-state index < -0.39 is 16.0 Å². The first-order valence-corrected chi connectivity index (χ1v) is 7.95. The summed E-state index contributed by atoms with van der Waals surface area (Å²) in [6.07, 6.45) is 2.39. The summed E-state index contributed by atoms with van der Waals surface area (Å²) < 4.78 is 31.5. The third-order valence-electron chi connectivity index (χ3n) is 2.48. The fourth-order valence-electron chi connectivity index (χ4n) is 1.44. The van der Waals surface area contributed by atoms with Crippen molar-refractivity contribution >= 4 is 27.6 Å². The molecule has 0 bridgehead atoms. The number of hydrogen-bond donors (Lipinski definition) is 2. The standard InChI is InChI=1S/C13H16ClNO5S/c1-2-3-7-20-8-6-15-21(18,19)10-4-5-12(14)11(9-10)13(16)17/h2,4-5,9,15H,1,3,6-8H2,(H,16,17). The number of rotatable bonds is 9. The Morgan fingerprint density at radius 1 is 1.43 bits per heavy atom. The molecule has 0 fully saturated rings. The first-order valence-electron chi connectivity index (χ1n) is 6.09. The fourth-order valence-corrected chi connectivity index (χ4v) is 2.67. The van der Waals surface area contributed by atoms with Crippen molar-refractivity contribution in [3.63, 3.8) is 0 Å². The van der Waals surface area contributed by atoms with Gasteiger partial charge in [0.05, 0.1) is 28.7 Å². The highest BCUT2D eigenvalue weighted by atomic mass is 35.5. The molecule has 0 aliphatic carbocycles. The molecular formula is C13H16ClNO5S. The zero-order chi connectivity index (χ0) is 15.9. The summed E-state index contributed by atoms with van der Waals surface area (Å²) in [5, 5.41) is 8.91. The van der Waals surface area contributed by atoms with Gasteiger partial charge in [0, 0.05) is 6.54 Å². The summed E-state index contributed by atoms with van der Waals surface area (Å²) in [7, 11) is -3.80. The second kappa shape index (κ2) is 8.14. The molecule has 6 nitrogen and oxygen atoms in total. The van der Waals surface area contributed by atoms with Crippen LogP contribution in [-0.2, 0) is 14.8 Å². The van der Waals surface area contributed by atoms with Crippen LogP contribution in [0.3, 0.4) is 0 Å². The monoisotopic (exact) mass is 333 g/mol. The minimum atomic E-state index is -3.80. The number of carboxylic acid groups (broad SMARTS) is 1. The smallest absolute Gasteiger partial charge is 0.337 e. The van der Waals surface area contributed by atoms with Crippen molar-refractivity contribution in [2.45, 2.75) is 11.3 Å². The van der Waals surface area contributed by atoms with Crippen LogP contribution in [0, 0.1) is 0 Å². The van der Waals surface area contributed by atoms with E-state index in [1.807, 2.05) is 0 Å². The van der Waals surface area contributed by atoms with Crippen LogP contribution >= 0.6 is 11.6 Å². The van der Waals surface area contributed by atoms with Crippen molar-refractivity contribution in [2.24, 2.45) is 0 Å². The summed E-state index contributed by atoms with van der Waals surface area (Å²) in [4.78, 5) is 10.8. The molecule has 0 aromatic heterocycles. The summed E-state index contributed by atoms with van der Waals surface area (Å²) in [6, 6.07) is 3.50. The molecule has 1 rings (SSSR count). The molecule has 0 spiro atoms. The molecule has 0 saturated carbocycles. The van der Waals surface area contributed by atoms with Crippen LogP contribution in [0.5, 0.6) is 0 Å². The van der Waals surface area contributed by atoms with Crippen LogP contribution in [-0.4, -0.2) is 39.3 Å². The predicted molar refractivity (Wildman–Crippen MR) is 79.2 cm³/mol. The Hall–Kier alpha value is -1.41. The Kier molecular flexibility index (Phi) is 6.83. The molecule has 0 heterocycles. The van der Waals surface area contributed by atoms with Gasteiger partial charge >= 0.3 is 5.97 Å². The van der Waals surface area contributed by atoms with Gasteiger partial charge in [-0.1, -0.05) is 17.7 Å². The number of ether oxygens (including phenoxy) is 1. The number of aromatic carboxylic acids is 1. The summed E-state index contributed by atoms with van der Waals surface area (Å²) >= 11 is 5.69. The average molecular weight is 334 g/mol. The van der Waals surface area contributed by atoms with Crippen molar-refractivity contribution in [1.29, 1.82) is 0 Å². The Balaban J connectivity index is 2.68. The van der Waals surface area contributed by atoms with Gasteiger partial charge < -0.3 is 9.84 Å². The molecule has 1 aromatic carbocycles. The molecule has 0 aliphatic heterocycles. The number of nitrogens with one attached hydrogen (secondary N) is 1. The van der Waals surface area contributed by atoms with E-state index in [4.69, 9.17) is 21.4 Å². The van der Waals surface area contributed by atoms with Gasteiger partial charge in [-0.05, 0) is 24.6 Å². The minimum absolute atomic E-state index is 0.0193. The molecule has 0 aliphatic rings. The lowest BCUT2D eigenvalue weighted by Crippen LogP contribution is -2.27. The maximum Gasteiger partial charge on any atom is 0.337 e. The highest BCUT2D eigenvalue weighted by molar-refractivity contribution is 7.89. The fraction of sp³-hybridized carbons (Fsp3) is 0.308. The lowest BCUT2D eigenvalue weighted by atomic mass is 10.2. The number of carboxylic acids is 1. The highest BCUT2D eigenvalue weighted by Crippen LogP contribution is 2.20. The van der Waals surface area contributed by atoms with Gasteiger partial charge in [-0.15, -0.1) is 6.58 Å². The van der Waals surface area contributed by atoms with Gasteiger partial charge in [0.2, 0.25) is 10.0 Å². The summed E-state index contributed by atoms with van der Waals surface area (Å²) in [5.74, 6) is -1.29. The molecule has 0 unspecified atom stereocenters. The molecular weight excluding hydrogens is 318 g/mol. The third kappa shape index (κ3) is 5.47. The molecule has 2 N–H and O–H groups in total. The second-order valence-corrected chi connectivity index (χ2v) is 6.21. The molecule has 0 saturated heterocycles. The van der Waals surface area contributed by atoms with Crippen LogP contribution < -0.4 is 4.72 Å². The zero-order valence-electron chi connectivity index (χ0n) is 11.2. The van der Waals surface area contributed by atoms with Crippen LogP contribution in [0.2, 0.25) is 5.02 Å². The molecule has 1 aromatic rings. The van der Waals surface area contributed by atoms with Gasteiger partial charge in [0.25, 0.3) is 0 Å². The van der Waals surface area contributed by atoms with E-state index in [1.165, 1.54) is 12.1 Å². The van der Waals surface area contributed by atoms with Crippen LogP contribution in [0.4, 0.5) is 0 Å². The third-order valence-corrected chi connectivity index (χ3v) is 4.27. The van der Waals surface area contributed by atoms with E-state index >= 15 is 0 Å². The topological polar surface area (TPSA) is 92.7 Å². The van der Waals surface area contributed by atoms with Crippen molar-refractivity contribution in [3.8, 4) is 0 Å². The molecule has 116 valence electrons. The van der Waals surface area contributed by atoms with Crippen molar-refractivity contribution < 1.29 is 23.1 Å². The molecule has 0 amide bonds. The van der Waals surface area contributed by atoms with E-state index in [1.54, 1.807) is 6.08 Å². The Morgan fingerprint density at radius 2 is 2.14 bits per heavy atom. The number of hydrogen-bond acceptors (Lipinski definition) is 4. The second-order valence-electron chi connectivity index (χ2n) is 4.03. The normalized spacial score (nSPS) is 11.3. The number of benzene rings is 1. The first-order chi connectivity index (χ1) is 9.88. The Morgan fingerprint density at radius 3 is 2.76 bits per heavy atom. The lowest BCUT2D eigenvalue weighted by Gasteiger charge is -2.08. The predicted octanol–water partition coefficient (Wildman–Crippen LogP) is 1.91. The zero-order valence-corrected chi connectivity index (χ0v) is 12.8. The van der Waals surface area contributed by atoms with Crippen LogP contribution in [0.1, 0.15) is 16.8 Å². The van der Waals surface area contributed by atoms with Crippen LogP contribution in [0.15, 0.2) is 35.7 Å². The van der Waals surface area contributed by atoms with E-state index in [2.05, 4.69) is 11.3 Å². The highest BCUT2D eigenvalue weighted by Gasteiger charge is 2.17. The van der Waals surface area contributed by atoms with Gasteiger partial charge in [0.1, 0.15) is 0 Å². The van der Waals surface area contributed by atoms with Gasteiger partial charge in [-0.25, -0.2) is 17.9 Å². The maximum atomic E-state index is 12.0. The largest absolute Gasteiger partial charge is 0.478 e. The van der Waals surface area contributed by atoms with Crippen LogP contribution in [0.25, 0.3) is 0 Å². The number of carbonyl (C=O) groups is 1. The average Bonchev–Trinajstić information content (AvgIpc) is 2.42. The Bertz CT molecular complexity index is 615. The van der Waals surface area contributed by atoms with Gasteiger partial charge in [-0.2, -0.15) is 0 Å². The van der Waals surface area contributed by atoms with E-state index in [9.17, 15) is 13.2 Å². The minimum Gasteiger partial charge on any atom is -0.478 e. The van der Waals surface area contributed by atoms with E-state index in [-0.39, 0.29) is 28.6 Å². The first kappa shape index (κ1) is 17.6. The molecule has 21 heavy (non-hydrogen) atoms. The van der Waals surface area contributed by atoms with Gasteiger partial charge in [-0.3, -0.25) is 0 Å². The molecule has 0 atom stereocenters. The lowest BCUT2D eigenvalue weighted by molar-refractivity contribution is 0.0697. The van der Waals surface area contributed by atoms with E-state index in [0.717, 1.165) is 6.07 Å². The molecule has 8 heteroatoms. The van der Waals surface area contributed by atoms with E-state index in [0.29, 0.717) is 13.0 Å². The number of halogens is 1. The maximum absolute atomic E-state index is 12.0. The van der Waals surface area contributed by atoms with Gasteiger partial charge in [0.15, 0.2) is 0 Å². The SMILES string of the molecule is C=CCCOCCNS(=O)(=O)c1ccc(Cl)c(C(=O)O)c1.